The van der Waals surface area contributed by atoms with Gasteiger partial charge in [0.2, 0.25) is 5.91 Å². The molecule has 2 aromatic carbocycles. The summed E-state index contributed by atoms with van der Waals surface area (Å²) in [6, 6.07) is 7.65. The Bertz CT molecular complexity index is 1030. The van der Waals surface area contributed by atoms with E-state index in [-0.39, 0.29) is 42.5 Å². The van der Waals surface area contributed by atoms with Gasteiger partial charge in [-0.1, -0.05) is 12.1 Å². The van der Waals surface area contributed by atoms with Gasteiger partial charge in [0.25, 0.3) is 0 Å². The summed E-state index contributed by atoms with van der Waals surface area (Å²) < 4.78 is 70.1. The SMILES string of the molecule is CN(Cc1ccc(C(F)(F)F)cc1)C(=O)CCc1ncc(-c2ccc(F)cc2F)o1. The first kappa shape index (κ1) is 21.5. The van der Waals surface area contributed by atoms with Gasteiger partial charge in [0.1, 0.15) is 11.6 Å². The van der Waals surface area contributed by atoms with Gasteiger partial charge in [-0.05, 0) is 29.8 Å². The molecule has 0 unspecified atom stereocenters. The Hall–Kier alpha value is -3.23. The molecule has 1 aromatic heterocycles. The lowest BCUT2D eigenvalue weighted by Gasteiger charge is -2.17. The lowest BCUT2D eigenvalue weighted by Crippen LogP contribution is -2.26. The van der Waals surface area contributed by atoms with Crippen molar-refractivity contribution in [1.82, 2.24) is 9.88 Å². The number of amides is 1. The first-order valence-electron chi connectivity index (χ1n) is 8.93. The zero-order valence-corrected chi connectivity index (χ0v) is 15.8. The highest BCUT2D eigenvalue weighted by molar-refractivity contribution is 5.76. The maximum atomic E-state index is 13.8. The van der Waals surface area contributed by atoms with Crippen LogP contribution in [-0.4, -0.2) is 22.8 Å². The highest BCUT2D eigenvalue weighted by atomic mass is 19.4. The lowest BCUT2D eigenvalue weighted by molar-refractivity contribution is -0.137. The monoisotopic (exact) mass is 424 g/mol. The zero-order valence-electron chi connectivity index (χ0n) is 15.8. The molecule has 0 atom stereocenters. The molecule has 0 aliphatic rings. The molecule has 158 valence electrons. The standard InChI is InChI=1S/C21H17F5N2O2/c1-28(12-13-2-4-14(5-3-13)21(24,25)26)20(29)9-8-19-27-11-18(30-19)16-7-6-15(22)10-17(16)23/h2-7,10-11H,8-9,12H2,1H3. The summed E-state index contributed by atoms with van der Waals surface area (Å²) in [5.41, 5.74) is -0.137. The van der Waals surface area contributed by atoms with Crippen molar-refractivity contribution in [2.24, 2.45) is 0 Å². The molecule has 0 radical (unpaired) electrons. The van der Waals surface area contributed by atoms with Gasteiger partial charge in [-0.2, -0.15) is 13.2 Å². The molecule has 1 heterocycles. The predicted molar refractivity (Wildman–Crippen MR) is 98.1 cm³/mol. The second-order valence-corrected chi connectivity index (χ2v) is 6.69. The summed E-state index contributed by atoms with van der Waals surface area (Å²) in [5.74, 6) is -1.43. The van der Waals surface area contributed by atoms with Gasteiger partial charge >= 0.3 is 6.18 Å². The van der Waals surface area contributed by atoms with Crippen LogP contribution in [0.4, 0.5) is 22.0 Å². The van der Waals surface area contributed by atoms with Crippen molar-refractivity contribution in [3.05, 3.63) is 77.3 Å². The number of hydrogen-bond donors (Lipinski definition) is 0. The van der Waals surface area contributed by atoms with E-state index in [0.29, 0.717) is 5.56 Å². The van der Waals surface area contributed by atoms with Crippen LogP contribution in [0.2, 0.25) is 0 Å². The van der Waals surface area contributed by atoms with Gasteiger partial charge in [0, 0.05) is 32.5 Å². The average Bonchev–Trinajstić information content (AvgIpc) is 3.14. The molecule has 9 heteroatoms. The van der Waals surface area contributed by atoms with Gasteiger partial charge in [0.05, 0.1) is 17.3 Å². The highest BCUT2D eigenvalue weighted by Crippen LogP contribution is 2.29. The van der Waals surface area contributed by atoms with Crippen LogP contribution in [0.3, 0.4) is 0 Å². The second-order valence-electron chi connectivity index (χ2n) is 6.69. The average molecular weight is 424 g/mol. The number of hydrogen-bond acceptors (Lipinski definition) is 3. The van der Waals surface area contributed by atoms with E-state index >= 15 is 0 Å². The van der Waals surface area contributed by atoms with Crippen LogP contribution in [-0.2, 0) is 23.9 Å². The molecule has 3 rings (SSSR count). The molecular formula is C21H17F5N2O2. The van der Waals surface area contributed by atoms with Crippen molar-refractivity contribution >= 4 is 5.91 Å². The fourth-order valence-corrected chi connectivity index (χ4v) is 2.81. The molecule has 3 aromatic rings. The summed E-state index contributed by atoms with van der Waals surface area (Å²) >= 11 is 0. The van der Waals surface area contributed by atoms with Crippen molar-refractivity contribution in [1.29, 1.82) is 0 Å². The molecular weight excluding hydrogens is 407 g/mol. The van der Waals surface area contributed by atoms with Crippen LogP contribution in [0, 0.1) is 11.6 Å². The maximum absolute atomic E-state index is 13.8. The largest absolute Gasteiger partial charge is 0.441 e. The van der Waals surface area contributed by atoms with Gasteiger partial charge in [-0.25, -0.2) is 13.8 Å². The molecule has 0 spiro atoms. The van der Waals surface area contributed by atoms with Gasteiger partial charge in [-0.15, -0.1) is 0 Å². The van der Waals surface area contributed by atoms with E-state index in [1.807, 2.05) is 0 Å². The van der Waals surface area contributed by atoms with Crippen molar-refractivity contribution in [3.8, 4) is 11.3 Å². The van der Waals surface area contributed by atoms with E-state index < -0.39 is 23.4 Å². The number of carbonyl (C=O) groups is 1. The van der Waals surface area contributed by atoms with E-state index in [1.54, 1.807) is 0 Å². The molecule has 0 saturated heterocycles. The molecule has 1 amide bonds. The fourth-order valence-electron chi connectivity index (χ4n) is 2.81. The topological polar surface area (TPSA) is 46.3 Å². The number of oxazole rings is 1. The van der Waals surface area contributed by atoms with Crippen molar-refractivity contribution in [2.45, 2.75) is 25.6 Å². The van der Waals surface area contributed by atoms with Crippen LogP contribution in [0.15, 0.2) is 53.1 Å². The van der Waals surface area contributed by atoms with E-state index in [1.165, 1.54) is 36.3 Å². The number of halogens is 5. The molecule has 0 aliphatic heterocycles. The number of aromatic nitrogens is 1. The quantitative estimate of drug-likeness (QED) is 0.509. The number of carbonyl (C=O) groups excluding carboxylic acids is 1. The summed E-state index contributed by atoms with van der Waals surface area (Å²) in [6.07, 6.45) is -2.92. The number of rotatable bonds is 6. The van der Waals surface area contributed by atoms with Crippen LogP contribution < -0.4 is 0 Å². The number of benzene rings is 2. The summed E-state index contributed by atoms with van der Waals surface area (Å²) in [6.45, 7) is 0.147. The van der Waals surface area contributed by atoms with Crippen LogP contribution in [0.1, 0.15) is 23.4 Å². The minimum absolute atomic E-state index is 0.0446. The number of alkyl halides is 3. The van der Waals surface area contributed by atoms with Crippen LogP contribution in [0.5, 0.6) is 0 Å². The third-order valence-corrected chi connectivity index (χ3v) is 4.43. The second kappa shape index (κ2) is 8.64. The highest BCUT2D eigenvalue weighted by Gasteiger charge is 2.30. The Morgan fingerprint density at radius 2 is 1.80 bits per heavy atom. The normalized spacial score (nSPS) is 11.5. The van der Waals surface area contributed by atoms with Crippen LogP contribution in [0.25, 0.3) is 11.3 Å². The lowest BCUT2D eigenvalue weighted by atomic mass is 10.1. The molecule has 4 nitrogen and oxygen atoms in total. The number of nitrogens with zero attached hydrogens (tertiary/aromatic N) is 2. The fraction of sp³-hybridized carbons (Fsp3) is 0.238. The van der Waals surface area contributed by atoms with Crippen LogP contribution >= 0.6 is 0 Å². The smallest absolute Gasteiger partial charge is 0.416 e. The Labute approximate surface area is 168 Å². The van der Waals surface area contributed by atoms with Gasteiger partial charge < -0.3 is 9.32 Å². The van der Waals surface area contributed by atoms with E-state index in [0.717, 1.165) is 24.3 Å². The zero-order chi connectivity index (χ0) is 21.9. The summed E-state index contributed by atoms with van der Waals surface area (Å²) in [4.78, 5) is 17.7. The first-order chi connectivity index (χ1) is 14.1. The molecule has 0 bridgehead atoms. The van der Waals surface area contributed by atoms with Crippen molar-refractivity contribution in [3.63, 3.8) is 0 Å². The summed E-state index contributed by atoms with van der Waals surface area (Å²) in [7, 11) is 1.54. The Morgan fingerprint density at radius 1 is 1.10 bits per heavy atom. The third kappa shape index (κ3) is 5.22. The first-order valence-corrected chi connectivity index (χ1v) is 8.93. The maximum Gasteiger partial charge on any atom is 0.416 e. The van der Waals surface area contributed by atoms with Crippen molar-refractivity contribution in [2.75, 3.05) is 7.05 Å². The molecule has 0 fully saturated rings. The minimum atomic E-state index is -4.41. The Balaban J connectivity index is 1.56. The summed E-state index contributed by atoms with van der Waals surface area (Å²) in [5, 5.41) is 0. The van der Waals surface area contributed by atoms with E-state index in [4.69, 9.17) is 4.42 Å². The molecule has 30 heavy (non-hydrogen) atoms. The molecule has 0 N–H and O–H groups in total. The van der Waals surface area contributed by atoms with Gasteiger partial charge in [-0.3, -0.25) is 4.79 Å². The Morgan fingerprint density at radius 3 is 2.43 bits per heavy atom. The van der Waals surface area contributed by atoms with Crippen molar-refractivity contribution < 1.29 is 31.2 Å². The minimum Gasteiger partial charge on any atom is -0.441 e. The molecule has 0 aliphatic carbocycles. The Kier molecular flexibility index (Phi) is 6.19. The van der Waals surface area contributed by atoms with E-state index in [9.17, 15) is 26.7 Å². The molecule has 0 saturated carbocycles. The predicted octanol–water partition coefficient (Wildman–Crippen LogP) is 5.23. The van der Waals surface area contributed by atoms with E-state index in [2.05, 4.69) is 4.98 Å². The van der Waals surface area contributed by atoms with Gasteiger partial charge in [0.15, 0.2) is 11.7 Å². The number of aryl methyl sites for hydroxylation is 1. The third-order valence-electron chi connectivity index (χ3n) is 4.43.